The van der Waals surface area contributed by atoms with Crippen molar-refractivity contribution >= 4 is 29.3 Å². The number of hydrogen-bond donors (Lipinski definition) is 1. The number of carbonyl (C=O) groups is 1. The van der Waals surface area contributed by atoms with Gasteiger partial charge < -0.3 is 4.90 Å². The Morgan fingerprint density at radius 1 is 1.36 bits per heavy atom. The molecule has 1 fully saturated rings. The van der Waals surface area contributed by atoms with E-state index in [1.165, 1.54) is 0 Å². The molecule has 0 spiro atoms. The standard InChI is InChI=1S/C9H17NO2S2/c1-7(2)8(13)9(11)10-3-5-14(12)6-4-10/h7-8,13H,3-6H2,1-2H3. The SMILES string of the molecule is CC(C)C(S)C(=O)N1CCS(=O)CC1. The van der Waals surface area contributed by atoms with E-state index in [1.54, 1.807) is 4.90 Å². The molecule has 1 amide bonds. The van der Waals surface area contributed by atoms with Crippen LogP contribution in [0.5, 0.6) is 0 Å². The third kappa shape index (κ3) is 2.98. The molecule has 0 bridgehead atoms. The van der Waals surface area contributed by atoms with Crippen LogP contribution < -0.4 is 0 Å². The van der Waals surface area contributed by atoms with Crippen molar-refractivity contribution in [1.29, 1.82) is 0 Å². The lowest BCUT2D eigenvalue weighted by atomic mass is 10.1. The molecule has 1 unspecified atom stereocenters. The Labute approximate surface area is 93.1 Å². The van der Waals surface area contributed by atoms with Gasteiger partial charge in [-0.3, -0.25) is 9.00 Å². The predicted octanol–water partition coefficient (Wildman–Crippen LogP) is 0.532. The van der Waals surface area contributed by atoms with Crippen LogP contribution in [0, 0.1) is 5.92 Å². The number of amides is 1. The van der Waals surface area contributed by atoms with Gasteiger partial charge in [0.25, 0.3) is 0 Å². The topological polar surface area (TPSA) is 37.4 Å². The number of carbonyl (C=O) groups excluding carboxylic acids is 1. The number of rotatable bonds is 2. The molecule has 3 nitrogen and oxygen atoms in total. The van der Waals surface area contributed by atoms with E-state index in [-0.39, 0.29) is 17.1 Å². The van der Waals surface area contributed by atoms with Gasteiger partial charge in [-0.05, 0) is 5.92 Å². The van der Waals surface area contributed by atoms with Gasteiger partial charge in [0.2, 0.25) is 5.91 Å². The highest BCUT2D eigenvalue weighted by molar-refractivity contribution is 7.85. The highest BCUT2D eigenvalue weighted by atomic mass is 32.2. The molecule has 0 aliphatic carbocycles. The van der Waals surface area contributed by atoms with Gasteiger partial charge in [0.15, 0.2) is 0 Å². The second kappa shape index (κ2) is 5.16. The quantitative estimate of drug-likeness (QED) is 0.709. The maximum absolute atomic E-state index is 11.8. The molecule has 1 aliphatic rings. The summed E-state index contributed by atoms with van der Waals surface area (Å²) in [4.78, 5) is 13.6. The Morgan fingerprint density at radius 3 is 2.29 bits per heavy atom. The molecule has 1 heterocycles. The summed E-state index contributed by atoms with van der Waals surface area (Å²) in [6.45, 7) is 5.21. The minimum atomic E-state index is -0.720. The molecular weight excluding hydrogens is 218 g/mol. The molecule has 1 saturated heterocycles. The zero-order chi connectivity index (χ0) is 10.7. The second-order valence-corrected chi connectivity index (χ2v) is 6.11. The zero-order valence-electron chi connectivity index (χ0n) is 8.60. The van der Waals surface area contributed by atoms with Crippen LogP contribution in [-0.4, -0.2) is 44.9 Å². The normalized spacial score (nSPS) is 21.3. The van der Waals surface area contributed by atoms with Gasteiger partial charge in [0, 0.05) is 35.4 Å². The van der Waals surface area contributed by atoms with Gasteiger partial charge in [0.05, 0.1) is 5.25 Å². The van der Waals surface area contributed by atoms with E-state index < -0.39 is 10.8 Å². The third-order valence-electron chi connectivity index (χ3n) is 2.37. The Kier molecular flexibility index (Phi) is 4.44. The molecule has 1 rings (SSSR count). The van der Waals surface area contributed by atoms with Crippen molar-refractivity contribution in [3.05, 3.63) is 0 Å². The van der Waals surface area contributed by atoms with E-state index in [0.29, 0.717) is 24.6 Å². The van der Waals surface area contributed by atoms with Gasteiger partial charge in [-0.25, -0.2) is 0 Å². The predicted molar refractivity (Wildman–Crippen MR) is 62.1 cm³/mol. The first-order valence-corrected chi connectivity index (χ1v) is 6.84. The van der Waals surface area contributed by atoms with Crippen molar-refractivity contribution in [3.8, 4) is 0 Å². The Hall–Kier alpha value is -0.0300. The number of thiol groups is 1. The van der Waals surface area contributed by atoms with Gasteiger partial charge >= 0.3 is 0 Å². The molecule has 0 aromatic rings. The molecule has 0 aromatic carbocycles. The van der Waals surface area contributed by atoms with E-state index in [4.69, 9.17) is 0 Å². The first kappa shape index (κ1) is 12.0. The van der Waals surface area contributed by atoms with Crippen LogP contribution in [0.15, 0.2) is 0 Å². The van der Waals surface area contributed by atoms with Gasteiger partial charge in [-0.1, -0.05) is 13.8 Å². The fraction of sp³-hybridized carbons (Fsp3) is 0.889. The van der Waals surface area contributed by atoms with E-state index in [1.807, 2.05) is 13.8 Å². The first-order valence-electron chi connectivity index (χ1n) is 4.84. The Bertz CT molecular complexity index is 233. The van der Waals surface area contributed by atoms with Crippen molar-refractivity contribution < 1.29 is 9.00 Å². The van der Waals surface area contributed by atoms with Crippen LogP contribution in [0.4, 0.5) is 0 Å². The molecule has 82 valence electrons. The minimum Gasteiger partial charge on any atom is -0.340 e. The monoisotopic (exact) mass is 235 g/mol. The van der Waals surface area contributed by atoms with Crippen molar-refractivity contribution in [3.63, 3.8) is 0 Å². The minimum absolute atomic E-state index is 0.0834. The highest BCUT2D eigenvalue weighted by Crippen LogP contribution is 2.13. The van der Waals surface area contributed by atoms with Gasteiger partial charge in [-0.15, -0.1) is 0 Å². The highest BCUT2D eigenvalue weighted by Gasteiger charge is 2.26. The van der Waals surface area contributed by atoms with Crippen molar-refractivity contribution in [2.24, 2.45) is 5.92 Å². The van der Waals surface area contributed by atoms with Crippen molar-refractivity contribution in [2.45, 2.75) is 19.1 Å². The summed E-state index contributed by atoms with van der Waals surface area (Å²) in [7, 11) is -0.720. The third-order valence-corrected chi connectivity index (χ3v) is 4.47. The summed E-state index contributed by atoms with van der Waals surface area (Å²) in [5, 5.41) is -0.221. The van der Waals surface area contributed by atoms with E-state index in [9.17, 15) is 9.00 Å². The molecule has 14 heavy (non-hydrogen) atoms. The first-order chi connectivity index (χ1) is 6.52. The van der Waals surface area contributed by atoms with E-state index in [2.05, 4.69) is 12.6 Å². The smallest absolute Gasteiger partial charge is 0.235 e. The van der Waals surface area contributed by atoms with Crippen LogP contribution in [0.3, 0.4) is 0 Å². The molecule has 0 N–H and O–H groups in total. The van der Waals surface area contributed by atoms with Crippen LogP contribution in [0.1, 0.15) is 13.8 Å². The summed E-state index contributed by atoms with van der Waals surface area (Å²) in [6.07, 6.45) is 0. The molecule has 5 heteroatoms. The summed E-state index contributed by atoms with van der Waals surface area (Å²) < 4.78 is 11.1. The largest absolute Gasteiger partial charge is 0.340 e. The van der Waals surface area contributed by atoms with Crippen molar-refractivity contribution in [1.82, 2.24) is 4.90 Å². The molecule has 1 aliphatic heterocycles. The lowest BCUT2D eigenvalue weighted by Crippen LogP contribution is -2.46. The molecule has 0 aromatic heterocycles. The molecular formula is C9H17NO2S2. The molecule has 1 atom stereocenters. The lowest BCUT2D eigenvalue weighted by molar-refractivity contribution is -0.130. The van der Waals surface area contributed by atoms with Gasteiger partial charge in [0.1, 0.15) is 0 Å². The fourth-order valence-electron chi connectivity index (χ4n) is 1.33. The second-order valence-electron chi connectivity index (χ2n) is 3.86. The molecule has 0 saturated carbocycles. The average Bonchev–Trinajstić information content (AvgIpc) is 2.16. The summed E-state index contributed by atoms with van der Waals surface area (Å²) in [6, 6.07) is 0. The summed E-state index contributed by atoms with van der Waals surface area (Å²) in [5.41, 5.74) is 0. The maximum Gasteiger partial charge on any atom is 0.235 e. The average molecular weight is 235 g/mol. The summed E-state index contributed by atoms with van der Waals surface area (Å²) >= 11 is 4.29. The van der Waals surface area contributed by atoms with Gasteiger partial charge in [-0.2, -0.15) is 12.6 Å². The van der Waals surface area contributed by atoms with Crippen molar-refractivity contribution in [2.75, 3.05) is 24.6 Å². The Balaban J connectivity index is 2.49. The molecule has 0 radical (unpaired) electrons. The number of hydrogen-bond acceptors (Lipinski definition) is 3. The van der Waals surface area contributed by atoms with E-state index >= 15 is 0 Å². The zero-order valence-corrected chi connectivity index (χ0v) is 10.3. The summed E-state index contributed by atoms with van der Waals surface area (Å²) in [5.74, 6) is 1.56. The fourth-order valence-corrected chi connectivity index (χ4v) is 2.55. The number of nitrogens with zero attached hydrogens (tertiary/aromatic N) is 1. The van der Waals surface area contributed by atoms with Crippen LogP contribution in [0.25, 0.3) is 0 Å². The Morgan fingerprint density at radius 2 is 1.86 bits per heavy atom. The maximum atomic E-state index is 11.8. The van der Waals surface area contributed by atoms with Crippen LogP contribution in [0.2, 0.25) is 0 Å². The lowest BCUT2D eigenvalue weighted by Gasteiger charge is -2.29. The van der Waals surface area contributed by atoms with E-state index in [0.717, 1.165) is 0 Å². The van der Waals surface area contributed by atoms with Crippen LogP contribution in [-0.2, 0) is 15.6 Å². The van der Waals surface area contributed by atoms with Crippen LogP contribution >= 0.6 is 12.6 Å².